The van der Waals surface area contributed by atoms with Gasteiger partial charge in [0.25, 0.3) is 10.2 Å². The third-order valence-corrected chi connectivity index (χ3v) is 6.57. The van der Waals surface area contributed by atoms with E-state index < -0.39 is 10.2 Å². The molecule has 0 unspecified atom stereocenters. The van der Waals surface area contributed by atoms with Gasteiger partial charge >= 0.3 is 0 Å². The molecule has 2 aromatic carbocycles. The summed E-state index contributed by atoms with van der Waals surface area (Å²) >= 11 is 0. The van der Waals surface area contributed by atoms with Crippen LogP contribution in [0.25, 0.3) is 0 Å². The van der Waals surface area contributed by atoms with E-state index in [1.54, 1.807) is 31.4 Å². The zero-order valence-corrected chi connectivity index (χ0v) is 16.9. The van der Waals surface area contributed by atoms with Gasteiger partial charge in [0.1, 0.15) is 5.75 Å². The lowest BCUT2D eigenvalue weighted by molar-refractivity contribution is -0.116. The number of benzene rings is 2. The first-order valence-corrected chi connectivity index (χ1v) is 10.5. The normalized spacial score (nSPS) is 17.2. The highest BCUT2D eigenvalue weighted by atomic mass is 32.2. The predicted octanol–water partition coefficient (Wildman–Crippen LogP) is 2.39. The molecule has 1 N–H and O–H groups in total. The van der Waals surface area contributed by atoms with Crippen LogP contribution >= 0.6 is 0 Å². The molecule has 0 spiro atoms. The summed E-state index contributed by atoms with van der Waals surface area (Å²) in [5.74, 6) is 0.374. The number of aryl methyl sites for hydroxylation is 1. The molecule has 3 rings (SSSR count). The van der Waals surface area contributed by atoms with Crippen molar-refractivity contribution in [2.75, 3.05) is 32.1 Å². The molecule has 7 nitrogen and oxygen atoms in total. The summed E-state index contributed by atoms with van der Waals surface area (Å²) in [6, 6.07) is 14.7. The monoisotopic (exact) mass is 403 g/mol. The first-order chi connectivity index (χ1) is 13.4. The zero-order valence-electron chi connectivity index (χ0n) is 16.1. The molecule has 0 aromatic heterocycles. The molecule has 1 aliphatic heterocycles. The molecule has 1 amide bonds. The highest BCUT2D eigenvalue weighted by Gasteiger charge is 2.34. The van der Waals surface area contributed by atoms with E-state index in [1.165, 1.54) is 8.61 Å². The third kappa shape index (κ3) is 4.89. The van der Waals surface area contributed by atoms with Gasteiger partial charge in [-0.25, -0.2) is 0 Å². The van der Waals surface area contributed by atoms with Crippen molar-refractivity contribution in [2.24, 2.45) is 0 Å². The van der Waals surface area contributed by atoms with E-state index in [-0.39, 0.29) is 19.0 Å². The largest absolute Gasteiger partial charge is 0.497 e. The average molecular weight is 404 g/mol. The fourth-order valence-electron chi connectivity index (χ4n) is 3.07. The Morgan fingerprint density at radius 1 is 1.04 bits per heavy atom. The Morgan fingerprint density at radius 2 is 1.68 bits per heavy atom. The van der Waals surface area contributed by atoms with Crippen LogP contribution in [0.15, 0.2) is 48.5 Å². The van der Waals surface area contributed by atoms with Gasteiger partial charge in [0.2, 0.25) is 5.91 Å². The van der Waals surface area contributed by atoms with Gasteiger partial charge in [0.05, 0.1) is 13.7 Å². The number of methoxy groups -OCH3 is 1. The van der Waals surface area contributed by atoms with Crippen molar-refractivity contribution < 1.29 is 17.9 Å². The van der Waals surface area contributed by atoms with Crippen LogP contribution in [0.5, 0.6) is 5.75 Å². The van der Waals surface area contributed by atoms with Crippen LogP contribution in [0.2, 0.25) is 0 Å². The summed E-state index contributed by atoms with van der Waals surface area (Å²) in [7, 11) is -2.11. The van der Waals surface area contributed by atoms with Crippen molar-refractivity contribution >= 4 is 21.8 Å². The molecule has 1 saturated heterocycles. The number of anilines is 1. The van der Waals surface area contributed by atoms with E-state index in [9.17, 15) is 13.2 Å². The zero-order chi connectivity index (χ0) is 20.1. The maximum absolute atomic E-state index is 12.9. The molecule has 1 fully saturated rings. The second-order valence-electron chi connectivity index (χ2n) is 6.79. The van der Waals surface area contributed by atoms with Crippen molar-refractivity contribution in [3.63, 3.8) is 0 Å². The summed E-state index contributed by atoms with van der Waals surface area (Å²) < 4.78 is 33.6. The molecule has 1 aliphatic rings. The molecular weight excluding hydrogens is 378 g/mol. The summed E-state index contributed by atoms with van der Waals surface area (Å²) in [6.07, 6.45) is 0.674. The molecule has 28 heavy (non-hydrogen) atoms. The van der Waals surface area contributed by atoms with Crippen LogP contribution in [0.3, 0.4) is 0 Å². The second-order valence-corrected chi connectivity index (χ2v) is 8.72. The number of carbonyl (C=O) groups is 1. The number of nitrogens with zero attached hydrogens (tertiary/aromatic N) is 2. The van der Waals surface area contributed by atoms with Crippen LogP contribution < -0.4 is 10.1 Å². The molecule has 0 bridgehead atoms. The summed E-state index contributed by atoms with van der Waals surface area (Å²) in [6.45, 7) is 2.80. The van der Waals surface area contributed by atoms with E-state index in [0.717, 1.165) is 16.9 Å². The van der Waals surface area contributed by atoms with Gasteiger partial charge in [-0.05, 0) is 43.2 Å². The lowest BCUT2D eigenvalue weighted by Gasteiger charge is -2.34. The Balaban J connectivity index is 1.64. The Hall–Kier alpha value is -2.42. The number of rotatable bonds is 6. The van der Waals surface area contributed by atoms with Crippen LogP contribution in [0, 0.1) is 6.92 Å². The smallest absolute Gasteiger partial charge is 0.282 e. The number of nitrogens with one attached hydrogen (secondary N) is 1. The van der Waals surface area contributed by atoms with E-state index in [1.807, 2.05) is 31.2 Å². The van der Waals surface area contributed by atoms with Gasteiger partial charge in [-0.15, -0.1) is 0 Å². The van der Waals surface area contributed by atoms with Crippen molar-refractivity contribution in [1.82, 2.24) is 8.61 Å². The second kappa shape index (κ2) is 8.72. The van der Waals surface area contributed by atoms with Gasteiger partial charge in [-0.1, -0.05) is 29.8 Å². The van der Waals surface area contributed by atoms with Gasteiger partial charge in [0, 0.05) is 25.3 Å². The highest BCUT2D eigenvalue weighted by Crippen LogP contribution is 2.21. The molecule has 0 radical (unpaired) electrons. The van der Waals surface area contributed by atoms with Gasteiger partial charge < -0.3 is 10.1 Å². The Labute approximate surface area is 166 Å². The Morgan fingerprint density at radius 3 is 2.32 bits per heavy atom. The van der Waals surface area contributed by atoms with E-state index in [2.05, 4.69) is 5.32 Å². The minimum Gasteiger partial charge on any atom is -0.497 e. The standard InChI is InChI=1S/C20H25N3O4S/c1-16-4-8-18(9-5-16)21-20(24)15-23-13-3-12-22(28(23,25)26)14-17-6-10-19(27-2)11-7-17/h4-11H,3,12-15H2,1-2H3,(H,21,24). The molecule has 0 aliphatic carbocycles. The first kappa shape index (κ1) is 20.3. The Kier molecular flexibility index (Phi) is 6.33. The molecular formula is C20H25N3O4S. The van der Waals surface area contributed by atoms with Crippen LogP contribution in [0.1, 0.15) is 17.5 Å². The van der Waals surface area contributed by atoms with Gasteiger partial charge in [-0.3, -0.25) is 4.79 Å². The number of carbonyl (C=O) groups excluding carboxylic acids is 1. The minimum absolute atomic E-state index is 0.199. The lowest BCUT2D eigenvalue weighted by Crippen LogP contribution is -2.51. The van der Waals surface area contributed by atoms with Crippen LogP contribution in [0.4, 0.5) is 5.69 Å². The average Bonchev–Trinajstić information content (AvgIpc) is 2.67. The molecule has 0 atom stereocenters. The fourth-order valence-corrected chi connectivity index (χ4v) is 4.71. The first-order valence-electron chi connectivity index (χ1n) is 9.13. The van der Waals surface area contributed by atoms with Crippen LogP contribution in [-0.2, 0) is 21.5 Å². The van der Waals surface area contributed by atoms with Crippen LogP contribution in [-0.4, -0.2) is 49.7 Å². The molecule has 1 heterocycles. The topological polar surface area (TPSA) is 79.0 Å². The maximum atomic E-state index is 12.9. The fraction of sp³-hybridized carbons (Fsp3) is 0.350. The Bertz CT molecular complexity index is 911. The van der Waals surface area contributed by atoms with Crippen molar-refractivity contribution in [2.45, 2.75) is 19.9 Å². The summed E-state index contributed by atoms with van der Waals surface area (Å²) in [5.41, 5.74) is 2.61. The molecule has 0 saturated carbocycles. The van der Waals surface area contributed by atoms with Crippen molar-refractivity contribution in [1.29, 1.82) is 0 Å². The third-order valence-electron chi connectivity index (χ3n) is 4.64. The lowest BCUT2D eigenvalue weighted by atomic mass is 10.2. The molecule has 150 valence electrons. The highest BCUT2D eigenvalue weighted by molar-refractivity contribution is 7.86. The molecule has 8 heteroatoms. The van der Waals surface area contributed by atoms with E-state index in [0.29, 0.717) is 25.2 Å². The number of amides is 1. The summed E-state index contributed by atoms with van der Waals surface area (Å²) in [4.78, 5) is 12.3. The predicted molar refractivity (Wildman–Crippen MR) is 108 cm³/mol. The minimum atomic E-state index is -3.70. The van der Waals surface area contributed by atoms with Gasteiger partial charge in [0.15, 0.2) is 0 Å². The van der Waals surface area contributed by atoms with Crippen molar-refractivity contribution in [3.8, 4) is 5.75 Å². The van der Waals surface area contributed by atoms with E-state index >= 15 is 0 Å². The van der Waals surface area contributed by atoms with E-state index in [4.69, 9.17) is 4.74 Å². The number of ether oxygens (including phenoxy) is 1. The van der Waals surface area contributed by atoms with Crippen molar-refractivity contribution in [3.05, 3.63) is 59.7 Å². The number of hydrogen-bond acceptors (Lipinski definition) is 4. The molecule has 2 aromatic rings. The quantitative estimate of drug-likeness (QED) is 0.803. The number of hydrogen-bond donors (Lipinski definition) is 1. The summed E-state index contributed by atoms with van der Waals surface area (Å²) in [5, 5.41) is 2.75. The SMILES string of the molecule is COc1ccc(CN2CCCN(CC(=O)Nc3ccc(C)cc3)S2(=O)=O)cc1. The maximum Gasteiger partial charge on any atom is 0.282 e. The van der Waals surface area contributed by atoms with Gasteiger partial charge in [-0.2, -0.15) is 17.0 Å².